The van der Waals surface area contributed by atoms with Gasteiger partial charge in [-0.3, -0.25) is 9.59 Å². The zero-order chi connectivity index (χ0) is 13.5. The van der Waals surface area contributed by atoms with Gasteiger partial charge in [-0.15, -0.1) is 0 Å². The van der Waals surface area contributed by atoms with Crippen LogP contribution < -0.4 is 5.32 Å². The Morgan fingerprint density at radius 1 is 1.17 bits per heavy atom. The van der Waals surface area contributed by atoms with Crippen molar-refractivity contribution in [2.45, 2.75) is 32.7 Å². The fraction of sp³-hybridized carbons (Fsp3) is 0.429. The van der Waals surface area contributed by atoms with E-state index in [1.54, 1.807) is 6.92 Å². The summed E-state index contributed by atoms with van der Waals surface area (Å²) >= 11 is 0. The van der Waals surface area contributed by atoms with Crippen LogP contribution in [0, 0.1) is 5.92 Å². The molecule has 0 aromatic heterocycles. The molecule has 0 saturated carbocycles. The number of carbonyl (C=O) groups excluding carboxylic acids is 1. The summed E-state index contributed by atoms with van der Waals surface area (Å²) in [4.78, 5) is 22.8. The molecule has 0 saturated heterocycles. The lowest BCUT2D eigenvalue weighted by Crippen LogP contribution is -2.37. The molecule has 98 valence electrons. The molecule has 4 heteroatoms. The number of benzene rings is 1. The van der Waals surface area contributed by atoms with Crippen molar-refractivity contribution in [3.63, 3.8) is 0 Å². The Morgan fingerprint density at radius 3 is 2.22 bits per heavy atom. The number of aliphatic carboxylic acids is 1. The normalized spacial score (nSPS) is 13.7. The van der Waals surface area contributed by atoms with Crippen LogP contribution in [0.5, 0.6) is 0 Å². The minimum Gasteiger partial charge on any atom is -0.481 e. The van der Waals surface area contributed by atoms with Gasteiger partial charge in [0.1, 0.15) is 5.92 Å². The summed E-state index contributed by atoms with van der Waals surface area (Å²) in [5.74, 6) is -2.46. The second kappa shape index (κ2) is 6.79. The first kappa shape index (κ1) is 14.2. The molecule has 0 heterocycles. The predicted molar refractivity (Wildman–Crippen MR) is 69.0 cm³/mol. The average Bonchev–Trinajstić information content (AvgIpc) is 2.37. The highest BCUT2D eigenvalue weighted by molar-refractivity contribution is 5.97. The number of carboxylic acid groups (broad SMARTS) is 1. The van der Waals surface area contributed by atoms with E-state index in [-0.39, 0.29) is 6.04 Å². The number of carbonyl (C=O) groups is 2. The van der Waals surface area contributed by atoms with Crippen LogP contribution in [0.15, 0.2) is 30.3 Å². The maximum absolute atomic E-state index is 11.9. The van der Waals surface area contributed by atoms with Gasteiger partial charge in [0.25, 0.3) is 0 Å². The molecule has 1 unspecified atom stereocenters. The SMILES string of the molecule is CCC(C(=O)O)C(=O)N[C@H](CC)c1ccccc1. The summed E-state index contributed by atoms with van der Waals surface area (Å²) in [5, 5.41) is 11.7. The Balaban J connectivity index is 2.75. The lowest BCUT2D eigenvalue weighted by molar-refractivity contribution is -0.147. The topological polar surface area (TPSA) is 66.4 Å². The van der Waals surface area contributed by atoms with Gasteiger partial charge >= 0.3 is 5.97 Å². The van der Waals surface area contributed by atoms with E-state index in [0.717, 1.165) is 12.0 Å². The molecule has 2 N–H and O–H groups in total. The van der Waals surface area contributed by atoms with Gasteiger partial charge in [-0.25, -0.2) is 0 Å². The molecule has 0 aliphatic carbocycles. The monoisotopic (exact) mass is 249 g/mol. The van der Waals surface area contributed by atoms with E-state index in [2.05, 4.69) is 5.32 Å². The van der Waals surface area contributed by atoms with Crippen LogP contribution in [0.3, 0.4) is 0 Å². The molecular weight excluding hydrogens is 230 g/mol. The maximum Gasteiger partial charge on any atom is 0.316 e. The van der Waals surface area contributed by atoms with Crippen molar-refractivity contribution in [3.8, 4) is 0 Å². The van der Waals surface area contributed by atoms with Gasteiger partial charge in [0.2, 0.25) is 5.91 Å². The van der Waals surface area contributed by atoms with Gasteiger partial charge in [0, 0.05) is 0 Å². The Hall–Kier alpha value is -1.84. The molecule has 0 radical (unpaired) electrons. The van der Waals surface area contributed by atoms with Gasteiger partial charge in [-0.2, -0.15) is 0 Å². The predicted octanol–water partition coefficient (Wildman–Crippen LogP) is 2.36. The highest BCUT2D eigenvalue weighted by Crippen LogP contribution is 2.17. The molecule has 1 rings (SSSR count). The molecule has 4 nitrogen and oxygen atoms in total. The van der Waals surface area contributed by atoms with E-state index in [1.165, 1.54) is 0 Å². The smallest absolute Gasteiger partial charge is 0.316 e. The van der Waals surface area contributed by atoms with Gasteiger partial charge < -0.3 is 10.4 Å². The van der Waals surface area contributed by atoms with E-state index >= 15 is 0 Å². The lowest BCUT2D eigenvalue weighted by Gasteiger charge is -2.19. The van der Waals surface area contributed by atoms with Crippen molar-refractivity contribution in [2.24, 2.45) is 5.92 Å². The second-order valence-corrected chi connectivity index (χ2v) is 4.18. The van der Waals surface area contributed by atoms with Crippen molar-refractivity contribution >= 4 is 11.9 Å². The zero-order valence-electron chi connectivity index (χ0n) is 10.7. The Morgan fingerprint density at radius 2 is 1.78 bits per heavy atom. The highest BCUT2D eigenvalue weighted by Gasteiger charge is 2.25. The van der Waals surface area contributed by atoms with Crippen LogP contribution in [0.4, 0.5) is 0 Å². The third kappa shape index (κ3) is 3.58. The van der Waals surface area contributed by atoms with E-state index in [4.69, 9.17) is 5.11 Å². The van der Waals surface area contributed by atoms with E-state index < -0.39 is 17.8 Å². The van der Waals surface area contributed by atoms with Crippen LogP contribution in [0.25, 0.3) is 0 Å². The van der Waals surface area contributed by atoms with Gasteiger partial charge in [-0.1, -0.05) is 44.2 Å². The minimum atomic E-state index is -1.07. The second-order valence-electron chi connectivity index (χ2n) is 4.18. The van der Waals surface area contributed by atoms with Crippen molar-refractivity contribution in [1.29, 1.82) is 0 Å². The third-order valence-corrected chi connectivity index (χ3v) is 2.95. The number of nitrogens with one attached hydrogen (secondary N) is 1. The van der Waals surface area contributed by atoms with Crippen molar-refractivity contribution in [2.75, 3.05) is 0 Å². The van der Waals surface area contributed by atoms with Crippen LogP contribution in [-0.4, -0.2) is 17.0 Å². The minimum absolute atomic E-state index is 0.132. The summed E-state index contributed by atoms with van der Waals surface area (Å²) in [6.07, 6.45) is 1.03. The summed E-state index contributed by atoms with van der Waals surface area (Å²) in [7, 11) is 0. The molecular formula is C14H19NO3. The Bertz CT molecular complexity index is 403. The quantitative estimate of drug-likeness (QED) is 0.761. The molecule has 1 aromatic rings. The average molecular weight is 249 g/mol. The largest absolute Gasteiger partial charge is 0.481 e. The van der Waals surface area contributed by atoms with Crippen LogP contribution in [0.1, 0.15) is 38.3 Å². The summed E-state index contributed by atoms with van der Waals surface area (Å²) in [5.41, 5.74) is 0.994. The van der Waals surface area contributed by atoms with E-state index in [0.29, 0.717) is 6.42 Å². The number of amides is 1. The van der Waals surface area contributed by atoms with Crippen LogP contribution in [-0.2, 0) is 9.59 Å². The zero-order valence-corrected chi connectivity index (χ0v) is 10.7. The van der Waals surface area contributed by atoms with Crippen LogP contribution in [0.2, 0.25) is 0 Å². The van der Waals surface area contributed by atoms with Gasteiger partial charge in [0.05, 0.1) is 6.04 Å². The highest BCUT2D eigenvalue weighted by atomic mass is 16.4. The molecule has 0 aliphatic rings. The summed E-state index contributed by atoms with van der Waals surface area (Å²) in [6, 6.07) is 9.43. The van der Waals surface area contributed by atoms with Crippen molar-refractivity contribution in [1.82, 2.24) is 5.32 Å². The molecule has 0 spiro atoms. The molecule has 0 aliphatic heterocycles. The number of hydrogen-bond donors (Lipinski definition) is 2. The fourth-order valence-electron chi connectivity index (χ4n) is 1.85. The summed E-state index contributed by atoms with van der Waals surface area (Å²) in [6.45, 7) is 3.65. The Labute approximate surface area is 107 Å². The Kier molecular flexibility index (Phi) is 5.36. The fourth-order valence-corrected chi connectivity index (χ4v) is 1.85. The molecule has 1 aromatic carbocycles. The number of hydrogen-bond acceptors (Lipinski definition) is 2. The molecule has 0 fully saturated rings. The first-order chi connectivity index (χ1) is 8.60. The van der Waals surface area contributed by atoms with Crippen molar-refractivity contribution in [3.05, 3.63) is 35.9 Å². The summed E-state index contributed by atoms with van der Waals surface area (Å²) < 4.78 is 0. The van der Waals surface area contributed by atoms with Gasteiger partial charge in [-0.05, 0) is 18.4 Å². The first-order valence-corrected chi connectivity index (χ1v) is 6.18. The molecule has 1 amide bonds. The third-order valence-electron chi connectivity index (χ3n) is 2.95. The molecule has 18 heavy (non-hydrogen) atoms. The van der Waals surface area contributed by atoms with E-state index in [1.807, 2.05) is 37.3 Å². The van der Waals surface area contributed by atoms with Gasteiger partial charge in [0.15, 0.2) is 0 Å². The standard InChI is InChI=1S/C14H19NO3/c1-3-11(14(17)18)13(16)15-12(4-2)10-8-6-5-7-9-10/h5-9,11-12H,3-4H2,1-2H3,(H,15,16)(H,17,18)/t11?,12-/m1/s1. The maximum atomic E-state index is 11.9. The molecule has 0 bridgehead atoms. The number of rotatable bonds is 6. The van der Waals surface area contributed by atoms with Crippen molar-refractivity contribution < 1.29 is 14.7 Å². The number of carboxylic acids is 1. The lowest BCUT2D eigenvalue weighted by atomic mass is 10.0. The van der Waals surface area contributed by atoms with Crippen LogP contribution >= 0.6 is 0 Å². The first-order valence-electron chi connectivity index (χ1n) is 6.18. The van der Waals surface area contributed by atoms with E-state index in [9.17, 15) is 9.59 Å². The molecule has 2 atom stereocenters.